The average molecular weight is 493 g/mol. The maximum absolute atomic E-state index is 13.6. The van der Waals surface area contributed by atoms with E-state index < -0.39 is 11.7 Å². The van der Waals surface area contributed by atoms with Crippen molar-refractivity contribution in [3.63, 3.8) is 0 Å². The number of aryl methyl sites for hydroxylation is 1. The van der Waals surface area contributed by atoms with Gasteiger partial charge in [0.25, 0.3) is 0 Å². The van der Waals surface area contributed by atoms with Crippen LogP contribution in [0.15, 0.2) is 42.9 Å². The molecule has 4 rings (SSSR count). The summed E-state index contributed by atoms with van der Waals surface area (Å²) in [5.41, 5.74) is 5.89. The van der Waals surface area contributed by atoms with Gasteiger partial charge in [-0.15, -0.1) is 11.6 Å². The second-order valence-electron chi connectivity index (χ2n) is 10.2. The molecule has 0 bridgehead atoms. The van der Waals surface area contributed by atoms with Crippen molar-refractivity contribution in [3.8, 4) is 11.3 Å². The molecule has 4 aromatic rings. The molecule has 0 saturated heterocycles. The first-order valence-electron chi connectivity index (χ1n) is 12.0. The lowest BCUT2D eigenvalue weighted by Gasteiger charge is -2.21. The molecule has 0 aliphatic carbocycles. The highest BCUT2D eigenvalue weighted by atomic mass is 35.5. The van der Waals surface area contributed by atoms with Crippen LogP contribution in [-0.4, -0.2) is 36.7 Å². The van der Waals surface area contributed by atoms with Gasteiger partial charge in [-0.1, -0.05) is 32.1 Å². The van der Waals surface area contributed by atoms with Crippen molar-refractivity contribution < 1.29 is 9.53 Å². The van der Waals surface area contributed by atoms with Crippen molar-refractivity contribution in [1.29, 1.82) is 0 Å². The van der Waals surface area contributed by atoms with Crippen molar-refractivity contribution in [2.24, 2.45) is 0 Å². The van der Waals surface area contributed by atoms with E-state index in [9.17, 15) is 4.79 Å². The fourth-order valence-electron chi connectivity index (χ4n) is 4.44. The van der Waals surface area contributed by atoms with E-state index >= 15 is 0 Å². The van der Waals surface area contributed by atoms with Gasteiger partial charge in [0.15, 0.2) is 5.65 Å². The summed E-state index contributed by atoms with van der Waals surface area (Å²) in [6, 6.07) is 8.28. The molecule has 3 heterocycles. The van der Waals surface area contributed by atoms with Gasteiger partial charge in [0.1, 0.15) is 11.9 Å². The monoisotopic (exact) mass is 492 g/mol. The second kappa shape index (κ2) is 9.86. The zero-order valence-corrected chi connectivity index (χ0v) is 22.1. The number of carbonyl (C=O) groups is 1. The van der Waals surface area contributed by atoms with Gasteiger partial charge in [0, 0.05) is 23.0 Å². The molecule has 35 heavy (non-hydrogen) atoms. The third-order valence-corrected chi connectivity index (χ3v) is 6.10. The Morgan fingerprint density at radius 3 is 2.69 bits per heavy atom. The minimum absolute atomic E-state index is 0.165. The average Bonchev–Trinajstić information content (AvgIpc) is 3.38. The Hall–Kier alpha value is -3.12. The molecular weight excluding hydrogens is 460 g/mol. The molecule has 0 unspecified atom stereocenters. The minimum atomic E-state index is -0.625. The van der Waals surface area contributed by atoms with E-state index in [1.54, 1.807) is 15.4 Å². The fraction of sp³-hybridized carbons (Fsp3) is 0.393. The van der Waals surface area contributed by atoms with Crippen molar-refractivity contribution >= 4 is 40.3 Å². The van der Waals surface area contributed by atoms with E-state index in [1.165, 1.54) is 0 Å². The molecule has 0 spiro atoms. The smallest absolute Gasteiger partial charge is 0.419 e. The second-order valence-corrected chi connectivity index (χ2v) is 10.6. The van der Waals surface area contributed by atoms with Crippen molar-refractivity contribution in [2.45, 2.75) is 65.9 Å². The standard InChI is InChI=1S/C28H33ClN4O2/c1-18(2)24-22-15-20(10-8-7-9-13-29)11-12-23(22)33(27(34)35-28(4,5)6)25(24)21-14-19(3)26-30-17-31-32(26)16-21/h8,10-12,14-18H,7,9,13H2,1-6H3/b10-8+. The summed E-state index contributed by atoms with van der Waals surface area (Å²) >= 11 is 5.82. The Balaban J connectivity index is 2.00. The van der Waals surface area contributed by atoms with Gasteiger partial charge in [-0.25, -0.2) is 18.9 Å². The third kappa shape index (κ3) is 5.13. The molecule has 184 valence electrons. The topological polar surface area (TPSA) is 61.4 Å². The Morgan fingerprint density at radius 1 is 1.23 bits per heavy atom. The molecule has 0 atom stereocenters. The van der Waals surface area contributed by atoms with E-state index in [2.05, 4.69) is 48.2 Å². The molecule has 0 saturated carbocycles. The molecule has 0 fully saturated rings. The molecule has 0 N–H and O–H groups in total. The Bertz CT molecular complexity index is 1410. The summed E-state index contributed by atoms with van der Waals surface area (Å²) in [7, 11) is 0. The van der Waals surface area contributed by atoms with Crippen molar-refractivity contribution in [2.75, 3.05) is 5.88 Å². The van der Waals surface area contributed by atoms with Crippen molar-refractivity contribution in [1.82, 2.24) is 19.2 Å². The first-order valence-corrected chi connectivity index (χ1v) is 12.6. The summed E-state index contributed by atoms with van der Waals surface area (Å²) < 4.78 is 9.35. The van der Waals surface area contributed by atoms with Crippen molar-refractivity contribution in [3.05, 3.63) is 59.6 Å². The largest absolute Gasteiger partial charge is 0.443 e. The maximum atomic E-state index is 13.6. The van der Waals surface area contributed by atoms with Crippen LogP contribution >= 0.6 is 11.6 Å². The number of pyridine rings is 1. The van der Waals surface area contributed by atoms with Crippen LogP contribution in [0.3, 0.4) is 0 Å². The number of hydrogen-bond acceptors (Lipinski definition) is 4. The SMILES string of the molecule is Cc1cc(-c2c(C(C)C)c3cc(/C=C/CCCCl)ccc3n2C(=O)OC(C)(C)C)cn2ncnc12. The van der Waals surface area contributed by atoms with Gasteiger partial charge in [0.2, 0.25) is 0 Å². The highest BCUT2D eigenvalue weighted by Crippen LogP contribution is 2.40. The number of allylic oxidation sites excluding steroid dienone is 1. The van der Waals surface area contributed by atoms with Gasteiger partial charge in [0.05, 0.1) is 11.2 Å². The number of rotatable bonds is 6. The van der Waals surface area contributed by atoms with Crippen LogP contribution in [0.25, 0.3) is 33.9 Å². The molecule has 3 aromatic heterocycles. The number of unbranched alkanes of at least 4 members (excludes halogenated alkanes) is 1. The molecule has 6 nitrogen and oxygen atoms in total. The number of ether oxygens (including phenoxy) is 1. The third-order valence-electron chi connectivity index (χ3n) is 5.83. The highest BCUT2D eigenvalue weighted by Gasteiger charge is 2.28. The lowest BCUT2D eigenvalue weighted by Crippen LogP contribution is -2.27. The summed E-state index contributed by atoms with van der Waals surface area (Å²) in [6.07, 6.45) is 9.22. The molecule has 0 aliphatic rings. The minimum Gasteiger partial charge on any atom is -0.443 e. The lowest BCUT2D eigenvalue weighted by atomic mass is 9.95. The van der Waals surface area contributed by atoms with E-state index in [-0.39, 0.29) is 5.92 Å². The normalized spacial score (nSPS) is 12.5. The zero-order valence-electron chi connectivity index (χ0n) is 21.3. The van der Waals surface area contributed by atoms with Crippen LogP contribution < -0.4 is 0 Å². The number of carbonyl (C=O) groups excluding carboxylic acids is 1. The van der Waals surface area contributed by atoms with Gasteiger partial charge >= 0.3 is 6.09 Å². The highest BCUT2D eigenvalue weighted by molar-refractivity contribution is 6.17. The number of benzene rings is 1. The van der Waals surface area contributed by atoms with Crippen LogP contribution in [0.1, 0.15) is 70.1 Å². The Labute approximate surface area is 211 Å². The summed E-state index contributed by atoms with van der Waals surface area (Å²) in [5.74, 6) is 0.816. The van der Waals surface area contributed by atoms with Crippen LogP contribution in [-0.2, 0) is 4.74 Å². The fourth-order valence-corrected chi connectivity index (χ4v) is 4.59. The van der Waals surface area contributed by atoms with E-state index in [0.717, 1.165) is 57.3 Å². The molecular formula is C28H33ClN4O2. The number of aromatic nitrogens is 4. The van der Waals surface area contributed by atoms with E-state index in [1.807, 2.05) is 46.0 Å². The first kappa shape index (κ1) is 25.0. The number of alkyl halides is 1. The zero-order chi connectivity index (χ0) is 25.3. The summed E-state index contributed by atoms with van der Waals surface area (Å²) in [5, 5.41) is 5.39. The predicted molar refractivity (Wildman–Crippen MR) is 143 cm³/mol. The van der Waals surface area contributed by atoms with Crippen LogP contribution in [0, 0.1) is 6.92 Å². The first-order chi connectivity index (χ1) is 16.6. The number of hydrogen-bond donors (Lipinski definition) is 0. The Kier molecular flexibility index (Phi) is 7.04. The number of nitrogens with zero attached hydrogens (tertiary/aromatic N) is 4. The van der Waals surface area contributed by atoms with Gasteiger partial charge in [-0.2, -0.15) is 5.10 Å². The van der Waals surface area contributed by atoms with Crippen LogP contribution in [0.5, 0.6) is 0 Å². The summed E-state index contributed by atoms with van der Waals surface area (Å²) in [4.78, 5) is 18.0. The maximum Gasteiger partial charge on any atom is 0.419 e. The molecule has 0 radical (unpaired) electrons. The molecule has 1 aromatic carbocycles. The number of halogens is 1. The molecule has 0 amide bonds. The molecule has 7 heteroatoms. The Morgan fingerprint density at radius 2 is 2.00 bits per heavy atom. The summed E-state index contributed by atoms with van der Waals surface area (Å²) in [6.45, 7) is 12.0. The van der Waals surface area contributed by atoms with Crippen LogP contribution in [0.4, 0.5) is 4.79 Å². The van der Waals surface area contributed by atoms with Gasteiger partial charge in [-0.3, -0.25) is 0 Å². The van der Waals surface area contributed by atoms with E-state index in [0.29, 0.717) is 5.88 Å². The van der Waals surface area contributed by atoms with Crippen LogP contribution in [0.2, 0.25) is 0 Å². The number of fused-ring (bicyclic) bond motifs is 2. The van der Waals surface area contributed by atoms with Gasteiger partial charge in [-0.05, 0) is 81.3 Å². The van der Waals surface area contributed by atoms with E-state index in [4.69, 9.17) is 16.3 Å². The lowest BCUT2D eigenvalue weighted by molar-refractivity contribution is 0.0547. The predicted octanol–water partition coefficient (Wildman–Crippen LogP) is 7.60. The molecule has 0 aliphatic heterocycles. The quantitative estimate of drug-likeness (QED) is 0.205. The van der Waals surface area contributed by atoms with Gasteiger partial charge < -0.3 is 4.74 Å².